The van der Waals surface area contributed by atoms with Crippen molar-refractivity contribution in [3.63, 3.8) is 0 Å². The molecule has 1 aromatic rings. The van der Waals surface area contributed by atoms with E-state index >= 15 is 0 Å². The third-order valence-electron chi connectivity index (χ3n) is 5.83. The Labute approximate surface area is 122 Å². The SMILES string of the molecule is CC(C)NCc1ccn(C23CC4CC(CC(C4)C2)C3)n1. The van der Waals surface area contributed by atoms with Gasteiger partial charge in [-0.2, -0.15) is 5.10 Å². The molecule has 20 heavy (non-hydrogen) atoms. The number of hydrogen-bond acceptors (Lipinski definition) is 2. The molecule has 0 aliphatic heterocycles. The van der Waals surface area contributed by atoms with Crippen LogP contribution in [-0.4, -0.2) is 15.8 Å². The van der Waals surface area contributed by atoms with Crippen molar-refractivity contribution in [3.05, 3.63) is 18.0 Å². The Morgan fingerprint density at radius 2 is 1.80 bits per heavy atom. The van der Waals surface area contributed by atoms with Crippen molar-refractivity contribution in [1.82, 2.24) is 15.1 Å². The van der Waals surface area contributed by atoms with Crippen LogP contribution >= 0.6 is 0 Å². The Morgan fingerprint density at radius 3 is 2.35 bits per heavy atom. The first-order valence-corrected chi connectivity index (χ1v) is 8.41. The molecule has 5 rings (SSSR count). The summed E-state index contributed by atoms with van der Waals surface area (Å²) in [4.78, 5) is 0. The van der Waals surface area contributed by atoms with Crippen molar-refractivity contribution >= 4 is 0 Å². The van der Waals surface area contributed by atoms with Gasteiger partial charge in [-0.3, -0.25) is 4.68 Å². The first kappa shape index (κ1) is 12.9. The topological polar surface area (TPSA) is 29.9 Å². The number of nitrogens with one attached hydrogen (secondary N) is 1. The summed E-state index contributed by atoms with van der Waals surface area (Å²) in [6, 6.07) is 2.74. The molecule has 0 radical (unpaired) electrons. The van der Waals surface area contributed by atoms with Gasteiger partial charge in [0.2, 0.25) is 0 Å². The lowest BCUT2D eigenvalue weighted by Gasteiger charge is -2.56. The number of aromatic nitrogens is 2. The molecule has 1 N–H and O–H groups in total. The normalized spacial score (nSPS) is 38.9. The molecule has 4 saturated carbocycles. The predicted octanol–water partition coefficient (Wildman–Crippen LogP) is 3.31. The van der Waals surface area contributed by atoms with Gasteiger partial charge in [-0.25, -0.2) is 0 Å². The molecule has 3 heteroatoms. The van der Waals surface area contributed by atoms with Crippen molar-refractivity contribution in [3.8, 4) is 0 Å². The molecule has 4 fully saturated rings. The van der Waals surface area contributed by atoms with Gasteiger partial charge in [-0.05, 0) is 62.3 Å². The van der Waals surface area contributed by atoms with Crippen LogP contribution in [0.15, 0.2) is 12.3 Å². The summed E-state index contributed by atoms with van der Waals surface area (Å²) in [6.45, 7) is 5.28. The predicted molar refractivity (Wildman–Crippen MR) is 80.3 cm³/mol. The van der Waals surface area contributed by atoms with Crippen molar-refractivity contribution in [1.29, 1.82) is 0 Å². The fourth-order valence-electron chi connectivity index (χ4n) is 5.37. The summed E-state index contributed by atoms with van der Waals surface area (Å²) in [6.07, 6.45) is 10.9. The summed E-state index contributed by atoms with van der Waals surface area (Å²) in [5, 5.41) is 8.40. The molecule has 0 saturated heterocycles. The van der Waals surface area contributed by atoms with Crippen LogP contribution in [0.25, 0.3) is 0 Å². The van der Waals surface area contributed by atoms with Crippen LogP contribution in [0, 0.1) is 17.8 Å². The molecule has 0 aromatic carbocycles. The maximum Gasteiger partial charge on any atom is 0.0762 e. The van der Waals surface area contributed by atoms with Crippen LogP contribution in [-0.2, 0) is 12.1 Å². The summed E-state index contributed by atoms with van der Waals surface area (Å²) in [5.41, 5.74) is 1.58. The second kappa shape index (κ2) is 4.59. The van der Waals surface area contributed by atoms with E-state index < -0.39 is 0 Å². The van der Waals surface area contributed by atoms with Crippen molar-refractivity contribution in [2.45, 2.75) is 70.5 Å². The van der Waals surface area contributed by atoms with Gasteiger partial charge in [0, 0.05) is 18.8 Å². The van der Waals surface area contributed by atoms with Crippen LogP contribution < -0.4 is 5.32 Å². The van der Waals surface area contributed by atoms with Crippen LogP contribution in [0.4, 0.5) is 0 Å². The van der Waals surface area contributed by atoms with Crippen LogP contribution in [0.1, 0.15) is 58.1 Å². The van der Waals surface area contributed by atoms with Crippen LogP contribution in [0.5, 0.6) is 0 Å². The maximum absolute atomic E-state index is 4.93. The molecule has 0 atom stereocenters. The van der Waals surface area contributed by atoms with E-state index in [4.69, 9.17) is 5.10 Å². The average Bonchev–Trinajstić information content (AvgIpc) is 2.84. The van der Waals surface area contributed by atoms with E-state index in [0.717, 1.165) is 24.3 Å². The summed E-state index contributed by atoms with van der Waals surface area (Å²) in [5.74, 6) is 2.97. The van der Waals surface area contributed by atoms with Gasteiger partial charge in [-0.1, -0.05) is 13.8 Å². The quantitative estimate of drug-likeness (QED) is 0.912. The first-order chi connectivity index (χ1) is 9.63. The van der Waals surface area contributed by atoms with E-state index in [1.54, 1.807) is 0 Å². The maximum atomic E-state index is 4.93. The molecular formula is C17H27N3. The van der Waals surface area contributed by atoms with Gasteiger partial charge in [0.05, 0.1) is 11.2 Å². The molecule has 4 aliphatic rings. The number of hydrogen-bond donors (Lipinski definition) is 1. The third kappa shape index (κ3) is 2.11. The van der Waals surface area contributed by atoms with E-state index in [-0.39, 0.29) is 0 Å². The minimum Gasteiger partial charge on any atom is -0.309 e. The Balaban J connectivity index is 1.55. The number of nitrogens with zero attached hydrogens (tertiary/aromatic N) is 2. The average molecular weight is 273 g/mol. The largest absolute Gasteiger partial charge is 0.309 e. The van der Waals surface area contributed by atoms with Crippen LogP contribution in [0.2, 0.25) is 0 Å². The summed E-state index contributed by atoms with van der Waals surface area (Å²) >= 11 is 0. The molecule has 0 spiro atoms. The van der Waals surface area contributed by atoms with E-state index in [1.807, 2.05) is 0 Å². The molecule has 1 heterocycles. The molecule has 3 nitrogen and oxygen atoms in total. The fraction of sp³-hybridized carbons (Fsp3) is 0.824. The van der Waals surface area contributed by atoms with E-state index in [9.17, 15) is 0 Å². The minimum absolute atomic E-state index is 0.380. The Hall–Kier alpha value is -0.830. The Morgan fingerprint density at radius 1 is 1.20 bits per heavy atom. The van der Waals surface area contributed by atoms with Gasteiger partial charge in [0.25, 0.3) is 0 Å². The zero-order valence-electron chi connectivity index (χ0n) is 12.8. The molecule has 110 valence electrons. The highest BCUT2D eigenvalue weighted by Gasteiger charge is 2.52. The second-order valence-corrected chi connectivity index (χ2v) is 7.93. The van der Waals surface area contributed by atoms with E-state index in [1.165, 1.54) is 44.2 Å². The molecular weight excluding hydrogens is 246 g/mol. The van der Waals surface area contributed by atoms with Crippen molar-refractivity contribution in [2.24, 2.45) is 17.8 Å². The van der Waals surface area contributed by atoms with E-state index in [2.05, 4.69) is 36.1 Å². The highest BCUT2D eigenvalue weighted by Crippen LogP contribution is 2.58. The monoisotopic (exact) mass is 273 g/mol. The van der Waals surface area contributed by atoms with Gasteiger partial charge in [0.15, 0.2) is 0 Å². The minimum atomic E-state index is 0.380. The fourth-order valence-corrected chi connectivity index (χ4v) is 5.37. The number of rotatable bonds is 4. The van der Waals surface area contributed by atoms with Crippen molar-refractivity contribution < 1.29 is 0 Å². The molecule has 4 aliphatic carbocycles. The second-order valence-electron chi connectivity index (χ2n) is 7.93. The van der Waals surface area contributed by atoms with Gasteiger partial charge >= 0.3 is 0 Å². The van der Waals surface area contributed by atoms with Crippen LogP contribution in [0.3, 0.4) is 0 Å². The summed E-state index contributed by atoms with van der Waals surface area (Å²) in [7, 11) is 0. The third-order valence-corrected chi connectivity index (χ3v) is 5.83. The zero-order valence-corrected chi connectivity index (χ0v) is 12.8. The zero-order chi connectivity index (χ0) is 13.7. The van der Waals surface area contributed by atoms with Gasteiger partial charge < -0.3 is 5.32 Å². The lowest BCUT2D eigenvalue weighted by atomic mass is 9.53. The highest BCUT2D eigenvalue weighted by molar-refractivity contribution is 5.08. The summed E-state index contributed by atoms with van der Waals surface area (Å²) < 4.78 is 2.36. The molecule has 4 bridgehead atoms. The lowest BCUT2D eigenvalue weighted by molar-refractivity contribution is -0.0495. The molecule has 0 amide bonds. The highest BCUT2D eigenvalue weighted by atomic mass is 15.3. The lowest BCUT2D eigenvalue weighted by Crippen LogP contribution is -2.52. The van der Waals surface area contributed by atoms with E-state index in [0.29, 0.717) is 11.6 Å². The molecule has 1 aromatic heterocycles. The Kier molecular flexibility index (Phi) is 2.95. The smallest absolute Gasteiger partial charge is 0.0762 e. The van der Waals surface area contributed by atoms with Gasteiger partial charge in [-0.15, -0.1) is 0 Å². The Bertz CT molecular complexity index is 453. The molecule has 0 unspecified atom stereocenters. The van der Waals surface area contributed by atoms with Gasteiger partial charge in [0.1, 0.15) is 0 Å². The van der Waals surface area contributed by atoms with Crippen molar-refractivity contribution in [2.75, 3.05) is 0 Å². The standard InChI is InChI=1S/C17H27N3/c1-12(2)18-11-16-3-4-20(19-16)17-8-13-5-14(9-17)7-15(6-13)10-17/h3-4,12-15,18H,5-11H2,1-2H3. The first-order valence-electron chi connectivity index (χ1n) is 8.41.